The number of nitrogens with one attached hydrogen (secondary N) is 1. The molecule has 0 spiro atoms. The summed E-state index contributed by atoms with van der Waals surface area (Å²) in [4.78, 5) is 38.6. The summed E-state index contributed by atoms with van der Waals surface area (Å²) in [6.07, 6.45) is 2.98. The van der Waals surface area contributed by atoms with Crippen LogP contribution in [0.5, 0.6) is 0 Å². The predicted octanol–water partition coefficient (Wildman–Crippen LogP) is 2.53. The van der Waals surface area contributed by atoms with E-state index in [-0.39, 0.29) is 29.6 Å². The van der Waals surface area contributed by atoms with Gasteiger partial charge in [0.05, 0.1) is 11.3 Å². The second-order valence-corrected chi connectivity index (χ2v) is 7.48. The number of nitrogens with zero attached hydrogens (tertiary/aromatic N) is 1. The minimum Gasteiger partial charge on any atom is -0.369 e. The predicted molar refractivity (Wildman–Crippen MR) is 103 cm³/mol. The van der Waals surface area contributed by atoms with Crippen molar-refractivity contribution in [3.63, 3.8) is 0 Å². The molecule has 27 heavy (non-hydrogen) atoms. The first kappa shape index (κ1) is 17.5. The van der Waals surface area contributed by atoms with E-state index in [1.54, 1.807) is 4.90 Å². The quantitative estimate of drug-likeness (QED) is 0.872. The molecule has 0 bridgehead atoms. The average Bonchev–Trinajstić information content (AvgIpc) is 3.52. The lowest BCUT2D eigenvalue weighted by molar-refractivity contribution is -0.123. The van der Waals surface area contributed by atoms with Gasteiger partial charge >= 0.3 is 0 Å². The molecule has 4 rings (SSSR count). The van der Waals surface area contributed by atoms with E-state index in [1.807, 2.05) is 36.4 Å². The summed E-state index contributed by atoms with van der Waals surface area (Å²) in [5, 5.41) is 4.89. The molecule has 2 aliphatic rings. The molecule has 6 heteroatoms. The molecule has 3 amide bonds. The molecular weight excluding hydrogens is 342 g/mol. The zero-order valence-corrected chi connectivity index (χ0v) is 15.1. The fraction of sp³-hybridized carbons (Fsp3) is 0.381. The highest BCUT2D eigenvalue weighted by atomic mass is 16.2. The number of amides is 3. The van der Waals surface area contributed by atoms with Gasteiger partial charge in [-0.2, -0.15) is 0 Å². The normalized spacial score (nSPS) is 17.7. The Morgan fingerprint density at radius 3 is 2.15 bits per heavy atom. The van der Waals surface area contributed by atoms with Crippen LogP contribution in [0, 0.1) is 11.8 Å². The van der Waals surface area contributed by atoms with Crippen LogP contribution >= 0.6 is 0 Å². The Bertz CT molecular complexity index is 912. The third-order valence-corrected chi connectivity index (χ3v) is 5.51. The summed E-state index contributed by atoms with van der Waals surface area (Å²) in [5.74, 6) is -0.544. The maximum Gasteiger partial charge on any atom is 0.255 e. The zero-order chi connectivity index (χ0) is 19.0. The van der Waals surface area contributed by atoms with Crippen LogP contribution < -0.4 is 11.1 Å². The molecule has 140 valence electrons. The van der Waals surface area contributed by atoms with Gasteiger partial charge in [-0.3, -0.25) is 14.4 Å². The van der Waals surface area contributed by atoms with Gasteiger partial charge in [-0.15, -0.1) is 0 Å². The summed E-state index contributed by atoms with van der Waals surface area (Å²) in [5.41, 5.74) is 6.45. The molecular formula is C21H23N3O3. The van der Waals surface area contributed by atoms with Gasteiger partial charge in [-0.25, -0.2) is 0 Å². The second kappa shape index (κ2) is 7.02. The second-order valence-electron chi connectivity index (χ2n) is 7.48. The van der Waals surface area contributed by atoms with Crippen LogP contribution in [0.1, 0.15) is 36.0 Å². The maximum absolute atomic E-state index is 13.2. The van der Waals surface area contributed by atoms with Gasteiger partial charge in [-0.05, 0) is 48.6 Å². The average molecular weight is 365 g/mol. The first-order chi connectivity index (χ1) is 13.0. The number of likely N-dealkylation sites (tertiary alicyclic amines) is 1. The number of hydrogen-bond acceptors (Lipinski definition) is 3. The Morgan fingerprint density at radius 2 is 1.56 bits per heavy atom. The fourth-order valence-electron chi connectivity index (χ4n) is 3.64. The summed E-state index contributed by atoms with van der Waals surface area (Å²) in [6.45, 7) is 0.991. The van der Waals surface area contributed by atoms with Gasteiger partial charge in [0.25, 0.3) is 5.91 Å². The van der Waals surface area contributed by atoms with Crippen molar-refractivity contribution < 1.29 is 14.4 Å². The molecule has 3 N–H and O–H groups in total. The zero-order valence-electron chi connectivity index (χ0n) is 15.1. The van der Waals surface area contributed by atoms with Crippen molar-refractivity contribution in [1.29, 1.82) is 0 Å². The first-order valence-corrected chi connectivity index (χ1v) is 9.45. The molecule has 1 aliphatic carbocycles. The van der Waals surface area contributed by atoms with Crippen molar-refractivity contribution in [2.75, 3.05) is 18.4 Å². The van der Waals surface area contributed by atoms with Crippen molar-refractivity contribution in [3.8, 4) is 0 Å². The molecule has 1 saturated heterocycles. The van der Waals surface area contributed by atoms with E-state index in [2.05, 4.69) is 5.32 Å². The van der Waals surface area contributed by atoms with Gasteiger partial charge in [0.15, 0.2) is 0 Å². The summed E-state index contributed by atoms with van der Waals surface area (Å²) < 4.78 is 0. The molecule has 0 aromatic heterocycles. The molecule has 2 fully saturated rings. The molecule has 0 unspecified atom stereocenters. The van der Waals surface area contributed by atoms with Crippen LogP contribution in [0.2, 0.25) is 0 Å². The minimum atomic E-state index is -0.301. The van der Waals surface area contributed by atoms with Crippen LogP contribution in [-0.4, -0.2) is 35.7 Å². The third-order valence-electron chi connectivity index (χ3n) is 5.51. The van der Waals surface area contributed by atoms with Crippen LogP contribution in [0.4, 0.5) is 5.69 Å². The maximum atomic E-state index is 13.2. The van der Waals surface area contributed by atoms with Crippen molar-refractivity contribution in [2.45, 2.75) is 25.7 Å². The number of primary amides is 1. The number of rotatable bonds is 4. The number of carbonyl (C=O) groups is 3. The standard InChI is InChI=1S/C21H23N3O3/c22-19(25)13-7-9-24(10-8-13)21(27)17-11-15-3-1-2-4-16(15)12-18(17)23-20(26)14-5-6-14/h1-4,11-14H,5-10H2,(H2,22,25)(H,23,26). The number of benzene rings is 2. The largest absolute Gasteiger partial charge is 0.369 e. The van der Waals surface area contributed by atoms with Gasteiger partial charge in [0, 0.05) is 24.9 Å². The number of piperidine rings is 1. The Kier molecular flexibility index (Phi) is 4.56. The fourth-order valence-corrected chi connectivity index (χ4v) is 3.64. The molecule has 0 radical (unpaired) electrons. The Balaban J connectivity index is 1.63. The Hall–Kier alpha value is -2.89. The van der Waals surface area contributed by atoms with Crippen LogP contribution in [0.15, 0.2) is 36.4 Å². The molecule has 0 atom stereocenters. The van der Waals surface area contributed by atoms with E-state index in [9.17, 15) is 14.4 Å². The van der Waals surface area contributed by atoms with E-state index in [0.717, 1.165) is 23.6 Å². The van der Waals surface area contributed by atoms with E-state index < -0.39 is 0 Å². The van der Waals surface area contributed by atoms with Crippen molar-refractivity contribution >= 4 is 34.2 Å². The first-order valence-electron chi connectivity index (χ1n) is 9.45. The highest BCUT2D eigenvalue weighted by Gasteiger charge is 2.32. The van der Waals surface area contributed by atoms with Gasteiger partial charge in [0.2, 0.25) is 11.8 Å². The molecule has 6 nitrogen and oxygen atoms in total. The topological polar surface area (TPSA) is 92.5 Å². The SMILES string of the molecule is NC(=O)C1CCN(C(=O)c2cc3ccccc3cc2NC(=O)C2CC2)CC1. The van der Waals surface area contributed by atoms with E-state index in [4.69, 9.17) is 5.73 Å². The van der Waals surface area contributed by atoms with E-state index in [0.29, 0.717) is 37.2 Å². The molecule has 2 aromatic carbocycles. The molecule has 1 aliphatic heterocycles. The number of anilines is 1. The summed E-state index contributed by atoms with van der Waals surface area (Å²) in [7, 11) is 0. The lowest BCUT2D eigenvalue weighted by Crippen LogP contribution is -2.42. The minimum absolute atomic E-state index is 0.0215. The summed E-state index contributed by atoms with van der Waals surface area (Å²) >= 11 is 0. The smallest absolute Gasteiger partial charge is 0.255 e. The molecule has 1 heterocycles. The van der Waals surface area contributed by atoms with Crippen molar-refractivity contribution in [3.05, 3.63) is 42.0 Å². The molecule has 1 saturated carbocycles. The van der Waals surface area contributed by atoms with Crippen LogP contribution in [0.3, 0.4) is 0 Å². The highest BCUT2D eigenvalue weighted by molar-refractivity contribution is 6.08. The van der Waals surface area contributed by atoms with Gasteiger partial charge in [0.1, 0.15) is 0 Å². The lowest BCUT2D eigenvalue weighted by Gasteiger charge is -2.31. The monoisotopic (exact) mass is 365 g/mol. The van der Waals surface area contributed by atoms with Crippen LogP contribution in [0.25, 0.3) is 10.8 Å². The number of fused-ring (bicyclic) bond motifs is 1. The summed E-state index contributed by atoms with van der Waals surface area (Å²) in [6, 6.07) is 11.5. The van der Waals surface area contributed by atoms with E-state index in [1.165, 1.54) is 0 Å². The highest BCUT2D eigenvalue weighted by Crippen LogP contribution is 2.32. The molecule has 2 aromatic rings. The Labute approximate surface area is 157 Å². The van der Waals surface area contributed by atoms with E-state index >= 15 is 0 Å². The number of carbonyl (C=O) groups excluding carboxylic acids is 3. The number of hydrogen-bond donors (Lipinski definition) is 2. The van der Waals surface area contributed by atoms with Crippen molar-refractivity contribution in [2.24, 2.45) is 17.6 Å². The lowest BCUT2D eigenvalue weighted by atomic mass is 9.95. The van der Waals surface area contributed by atoms with Gasteiger partial charge < -0.3 is 16.0 Å². The van der Waals surface area contributed by atoms with Crippen LogP contribution in [-0.2, 0) is 9.59 Å². The van der Waals surface area contributed by atoms with Gasteiger partial charge in [-0.1, -0.05) is 24.3 Å². The number of nitrogens with two attached hydrogens (primary N) is 1. The Morgan fingerprint density at radius 1 is 0.926 bits per heavy atom. The third kappa shape index (κ3) is 3.65. The van der Waals surface area contributed by atoms with Crippen molar-refractivity contribution in [1.82, 2.24) is 4.90 Å².